The minimum Gasteiger partial charge on any atom is -0.320 e. The molecule has 2 N–H and O–H groups in total. The van der Waals surface area contributed by atoms with Gasteiger partial charge in [0.05, 0.1) is 11.6 Å². The topological polar surface area (TPSA) is 26.0 Å². The quantitative estimate of drug-likeness (QED) is 0.889. The molecule has 0 aliphatic heterocycles. The summed E-state index contributed by atoms with van der Waals surface area (Å²) >= 11 is 0. The zero-order chi connectivity index (χ0) is 14.8. The number of hydrogen-bond acceptors (Lipinski definition) is 1. The molecule has 1 nitrogen and oxygen atoms in total. The van der Waals surface area contributed by atoms with Gasteiger partial charge in [0.1, 0.15) is 0 Å². The van der Waals surface area contributed by atoms with Crippen molar-refractivity contribution in [1.82, 2.24) is 0 Å². The van der Waals surface area contributed by atoms with Crippen LogP contribution in [0, 0.1) is 0 Å². The first-order valence-corrected chi connectivity index (χ1v) is 6.44. The van der Waals surface area contributed by atoms with Gasteiger partial charge < -0.3 is 5.73 Å². The van der Waals surface area contributed by atoms with Gasteiger partial charge in [0.2, 0.25) is 0 Å². The lowest BCUT2D eigenvalue weighted by Gasteiger charge is -2.18. The van der Waals surface area contributed by atoms with Crippen LogP contribution in [-0.2, 0) is 12.6 Å². The maximum Gasteiger partial charge on any atom is 0.416 e. The van der Waals surface area contributed by atoms with Crippen molar-refractivity contribution in [1.29, 1.82) is 0 Å². The van der Waals surface area contributed by atoms with Crippen LogP contribution in [0.25, 0.3) is 0 Å². The fourth-order valence-corrected chi connectivity index (χ4v) is 2.17. The van der Waals surface area contributed by atoms with Crippen molar-refractivity contribution in [3.05, 3.63) is 70.8 Å². The maximum atomic E-state index is 13.0. The number of nitrogens with two attached hydrogens (primary N) is 1. The van der Waals surface area contributed by atoms with Gasteiger partial charge in [-0.2, -0.15) is 13.2 Å². The minimum atomic E-state index is -4.39. The lowest BCUT2D eigenvalue weighted by atomic mass is 9.94. The summed E-state index contributed by atoms with van der Waals surface area (Å²) in [7, 11) is 0. The van der Waals surface area contributed by atoms with Crippen molar-refractivity contribution in [3.63, 3.8) is 0 Å². The molecule has 0 aliphatic carbocycles. The highest BCUT2D eigenvalue weighted by molar-refractivity contribution is 5.39. The highest BCUT2D eigenvalue weighted by Gasteiger charge is 2.34. The molecule has 0 spiro atoms. The molecule has 0 amide bonds. The average molecular weight is 279 g/mol. The summed E-state index contributed by atoms with van der Waals surface area (Å²) in [4.78, 5) is 0. The molecular formula is C16H16F3N. The van der Waals surface area contributed by atoms with Gasteiger partial charge in [0.25, 0.3) is 0 Å². The Morgan fingerprint density at radius 3 is 2.15 bits per heavy atom. The summed E-state index contributed by atoms with van der Waals surface area (Å²) in [6.07, 6.45) is -3.51. The SMILES string of the molecule is CCc1ccc(C(N)c2ccccc2C(F)(F)F)cc1. The van der Waals surface area contributed by atoms with Crippen molar-refractivity contribution in [2.75, 3.05) is 0 Å². The fourth-order valence-electron chi connectivity index (χ4n) is 2.17. The van der Waals surface area contributed by atoms with Crippen molar-refractivity contribution < 1.29 is 13.2 Å². The normalized spacial score (nSPS) is 13.2. The van der Waals surface area contributed by atoms with E-state index in [0.29, 0.717) is 5.56 Å². The number of hydrogen-bond donors (Lipinski definition) is 1. The highest BCUT2D eigenvalue weighted by atomic mass is 19.4. The second-order valence-electron chi connectivity index (χ2n) is 4.66. The first kappa shape index (κ1) is 14.6. The standard InChI is InChI=1S/C16H16F3N/c1-2-11-7-9-12(10-8-11)15(20)13-5-3-4-6-14(13)16(17,18)19/h3-10,15H,2,20H2,1H3. The number of alkyl halides is 3. The van der Waals surface area contributed by atoms with E-state index in [1.54, 1.807) is 18.2 Å². The number of halogens is 3. The Labute approximate surface area is 116 Å². The van der Waals surface area contributed by atoms with E-state index in [-0.39, 0.29) is 5.56 Å². The second-order valence-corrected chi connectivity index (χ2v) is 4.66. The summed E-state index contributed by atoms with van der Waals surface area (Å²) < 4.78 is 39.0. The molecule has 0 heterocycles. The first-order valence-electron chi connectivity index (χ1n) is 6.44. The van der Waals surface area contributed by atoms with Gasteiger partial charge in [-0.05, 0) is 29.2 Å². The van der Waals surface area contributed by atoms with E-state index < -0.39 is 17.8 Å². The van der Waals surface area contributed by atoms with Crippen LogP contribution in [0.3, 0.4) is 0 Å². The van der Waals surface area contributed by atoms with Crippen molar-refractivity contribution in [2.45, 2.75) is 25.6 Å². The van der Waals surface area contributed by atoms with E-state index in [1.165, 1.54) is 12.1 Å². The molecule has 1 unspecified atom stereocenters. The third kappa shape index (κ3) is 3.02. The van der Waals surface area contributed by atoms with Crippen LogP contribution in [0.5, 0.6) is 0 Å². The number of rotatable bonds is 3. The lowest BCUT2D eigenvalue weighted by Crippen LogP contribution is -2.18. The Morgan fingerprint density at radius 2 is 1.60 bits per heavy atom. The summed E-state index contributed by atoms with van der Waals surface area (Å²) in [5, 5.41) is 0. The van der Waals surface area contributed by atoms with Crippen LogP contribution in [0.2, 0.25) is 0 Å². The Balaban J connectivity index is 2.40. The maximum absolute atomic E-state index is 13.0. The van der Waals surface area contributed by atoms with Gasteiger partial charge in [0, 0.05) is 0 Å². The van der Waals surface area contributed by atoms with Gasteiger partial charge in [-0.3, -0.25) is 0 Å². The van der Waals surface area contributed by atoms with Crippen LogP contribution >= 0.6 is 0 Å². The Bertz CT molecular complexity index is 573. The smallest absolute Gasteiger partial charge is 0.320 e. The van der Waals surface area contributed by atoms with Crippen molar-refractivity contribution in [3.8, 4) is 0 Å². The minimum absolute atomic E-state index is 0.101. The fraction of sp³-hybridized carbons (Fsp3) is 0.250. The molecule has 2 aromatic carbocycles. The molecule has 1 atom stereocenters. The van der Waals surface area contributed by atoms with E-state index in [1.807, 2.05) is 19.1 Å². The van der Waals surface area contributed by atoms with E-state index in [9.17, 15) is 13.2 Å². The van der Waals surface area contributed by atoms with Crippen molar-refractivity contribution in [2.24, 2.45) is 5.73 Å². The average Bonchev–Trinajstić information content (AvgIpc) is 2.46. The van der Waals surface area contributed by atoms with Crippen LogP contribution < -0.4 is 5.73 Å². The van der Waals surface area contributed by atoms with Crippen LogP contribution in [0.4, 0.5) is 13.2 Å². The zero-order valence-corrected chi connectivity index (χ0v) is 11.1. The molecule has 0 saturated carbocycles. The molecule has 20 heavy (non-hydrogen) atoms. The second kappa shape index (κ2) is 5.67. The summed E-state index contributed by atoms with van der Waals surface area (Å²) in [5.74, 6) is 0. The Kier molecular flexibility index (Phi) is 4.14. The van der Waals surface area contributed by atoms with Crippen LogP contribution in [0.1, 0.15) is 35.2 Å². The molecule has 2 rings (SSSR count). The Morgan fingerprint density at radius 1 is 1.00 bits per heavy atom. The molecule has 0 fully saturated rings. The lowest BCUT2D eigenvalue weighted by molar-refractivity contribution is -0.138. The van der Waals surface area contributed by atoms with E-state index in [2.05, 4.69) is 0 Å². The zero-order valence-electron chi connectivity index (χ0n) is 11.1. The summed E-state index contributed by atoms with van der Waals surface area (Å²) in [5.41, 5.74) is 7.24. The third-order valence-corrected chi connectivity index (χ3v) is 3.35. The molecule has 0 aliphatic rings. The van der Waals surface area contributed by atoms with Crippen molar-refractivity contribution >= 4 is 0 Å². The van der Waals surface area contributed by atoms with Gasteiger partial charge in [-0.25, -0.2) is 0 Å². The van der Waals surface area contributed by atoms with E-state index in [0.717, 1.165) is 18.1 Å². The molecule has 4 heteroatoms. The predicted molar refractivity (Wildman–Crippen MR) is 73.3 cm³/mol. The van der Waals surface area contributed by atoms with E-state index >= 15 is 0 Å². The summed E-state index contributed by atoms with van der Waals surface area (Å²) in [6, 6.07) is 12.0. The van der Waals surface area contributed by atoms with Gasteiger partial charge >= 0.3 is 6.18 Å². The number of benzene rings is 2. The molecule has 0 bridgehead atoms. The molecule has 0 saturated heterocycles. The molecule has 0 aromatic heterocycles. The number of aryl methyl sites for hydroxylation is 1. The first-order chi connectivity index (χ1) is 9.43. The Hall–Kier alpha value is -1.81. The van der Waals surface area contributed by atoms with Gasteiger partial charge in [-0.15, -0.1) is 0 Å². The van der Waals surface area contributed by atoms with Crippen LogP contribution in [0.15, 0.2) is 48.5 Å². The monoisotopic (exact) mass is 279 g/mol. The van der Waals surface area contributed by atoms with Crippen LogP contribution in [-0.4, -0.2) is 0 Å². The largest absolute Gasteiger partial charge is 0.416 e. The molecular weight excluding hydrogens is 263 g/mol. The predicted octanol–water partition coefficient (Wildman–Crippen LogP) is 4.32. The third-order valence-electron chi connectivity index (χ3n) is 3.35. The molecule has 2 aromatic rings. The van der Waals surface area contributed by atoms with Gasteiger partial charge in [-0.1, -0.05) is 49.4 Å². The highest BCUT2D eigenvalue weighted by Crippen LogP contribution is 2.35. The molecule has 0 radical (unpaired) electrons. The van der Waals surface area contributed by atoms with Gasteiger partial charge in [0.15, 0.2) is 0 Å². The van der Waals surface area contributed by atoms with E-state index in [4.69, 9.17) is 5.73 Å². The summed E-state index contributed by atoms with van der Waals surface area (Å²) in [6.45, 7) is 2.02. The molecule has 106 valence electrons.